The first-order valence-corrected chi connectivity index (χ1v) is 18.1. The fourth-order valence-electron chi connectivity index (χ4n) is 5.07. The summed E-state index contributed by atoms with van der Waals surface area (Å²) in [5, 5.41) is 30.6. The number of aliphatic hydroxyl groups is 3. The van der Waals surface area contributed by atoms with E-state index >= 15 is 0 Å². The molecule has 0 aromatic rings. The molecule has 0 heterocycles. The molecule has 0 saturated carbocycles. The normalized spacial score (nSPS) is 14.4. The van der Waals surface area contributed by atoms with E-state index in [9.17, 15) is 24.9 Å². The maximum absolute atomic E-state index is 12.3. The molecule has 0 aromatic carbocycles. The number of carbonyl (C=O) groups is 2. The van der Waals surface area contributed by atoms with Crippen LogP contribution in [0, 0.1) is 0 Å². The van der Waals surface area contributed by atoms with Crippen LogP contribution in [0.25, 0.3) is 0 Å². The van der Waals surface area contributed by atoms with Crippen LogP contribution in [0.2, 0.25) is 0 Å². The molecule has 0 fully saturated rings. The van der Waals surface area contributed by atoms with Gasteiger partial charge in [-0.3, -0.25) is 9.59 Å². The number of unbranched alkanes of at least 4 members (excludes halogenated alkanes) is 16. The molecular weight excluding hydrogens is 548 g/mol. The first-order valence-electron chi connectivity index (χ1n) is 18.1. The smallest absolute Gasteiger partial charge is 0.164 e. The third-order valence-electron chi connectivity index (χ3n) is 8.05. The van der Waals surface area contributed by atoms with Gasteiger partial charge in [0.1, 0.15) is 18.3 Å². The van der Waals surface area contributed by atoms with Crippen LogP contribution < -0.4 is 0 Å². The van der Waals surface area contributed by atoms with Gasteiger partial charge in [-0.2, -0.15) is 0 Å². The van der Waals surface area contributed by atoms with E-state index in [4.69, 9.17) is 0 Å². The Balaban J connectivity index is 3.81. The van der Waals surface area contributed by atoms with Gasteiger partial charge in [0, 0.05) is 12.8 Å². The van der Waals surface area contributed by atoms with Crippen molar-refractivity contribution in [3.63, 3.8) is 0 Å². The van der Waals surface area contributed by atoms with E-state index in [-0.39, 0.29) is 12.8 Å². The fourth-order valence-corrected chi connectivity index (χ4v) is 5.07. The Kier molecular flexibility index (Phi) is 31.2. The molecule has 3 N–H and O–H groups in total. The van der Waals surface area contributed by atoms with Crippen LogP contribution in [0.4, 0.5) is 0 Å². The minimum Gasteiger partial charge on any atom is -0.387 e. The summed E-state index contributed by atoms with van der Waals surface area (Å²) >= 11 is 0. The summed E-state index contributed by atoms with van der Waals surface area (Å²) in [7, 11) is 0. The van der Waals surface area contributed by atoms with Gasteiger partial charge in [-0.05, 0) is 77.0 Å². The second-order valence-electron chi connectivity index (χ2n) is 12.3. The molecule has 5 nitrogen and oxygen atoms in total. The number of hydrogen-bond acceptors (Lipinski definition) is 5. The highest BCUT2D eigenvalue weighted by molar-refractivity contribution is 5.87. The molecule has 0 rings (SSSR count). The number of allylic oxidation sites excluding steroid dienone is 8. The van der Waals surface area contributed by atoms with E-state index in [2.05, 4.69) is 62.5 Å². The topological polar surface area (TPSA) is 94.8 Å². The summed E-state index contributed by atoms with van der Waals surface area (Å²) in [4.78, 5) is 24.6. The molecule has 5 heteroatoms. The van der Waals surface area contributed by atoms with Crippen molar-refractivity contribution in [2.75, 3.05) is 0 Å². The molecule has 0 aliphatic heterocycles. The van der Waals surface area contributed by atoms with E-state index in [1.165, 1.54) is 51.4 Å². The Morgan fingerprint density at radius 3 is 1.07 bits per heavy atom. The molecule has 0 saturated heterocycles. The highest BCUT2D eigenvalue weighted by atomic mass is 16.4. The number of hydrogen-bond donors (Lipinski definition) is 3. The largest absolute Gasteiger partial charge is 0.387 e. The van der Waals surface area contributed by atoms with Crippen LogP contribution in [0.1, 0.15) is 168 Å². The quantitative estimate of drug-likeness (QED) is 0.0516. The van der Waals surface area contributed by atoms with Crippen molar-refractivity contribution in [2.45, 2.75) is 186 Å². The fraction of sp³-hybridized carbons (Fsp3) is 0.744. The summed E-state index contributed by atoms with van der Waals surface area (Å²) in [6.07, 6.45) is 36.7. The van der Waals surface area contributed by atoms with Crippen molar-refractivity contribution in [2.24, 2.45) is 0 Å². The molecule has 0 aromatic heterocycles. The maximum Gasteiger partial charge on any atom is 0.164 e. The zero-order valence-corrected chi connectivity index (χ0v) is 28.5. The standard InChI is InChI=1S/C39H68O5/c1-3-5-7-9-11-13-15-17-19-21-23-25-27-29-31-33-35(40)37(42)39(44)38(43)36(41)34-32-30-28-26-24-22-20-18-16-14-12-10-8-6-4-2/h11-14,17-20,37-39,42-44H,3-10,15-16,21-34H2,1-2H3/b13-11-,14-12-,19-17-,20-18-. The summed E-state index contributed by atoms with van der Waals surface area (Å²) in [6, 6.07) is 0. The molecule has 0 bridgehead atoms. The number of carbonyl (C=O) groups excluding carboxylic acids is 2. The van der Waals surface area contributed by atoms with Gasteiger partial charge in [0.05, 0.1) is 0 Å². The van der Waals surface area contributed by atoms with Gasteiger partial charge in [0.25, 0.3) is 0 Å². The summed E-state index contributed by atoms with van der Waals surface area (Å²) in [5.74, 6) is -1.01. The molecule has 0 radical (unpaired) electrons. The van der Waals surface area contributed by atoms with Crippen molar-refractivity contribution in [1.82, 2.24) is 0 Å². The molecule has 254 valence electrons. The minimum absolute atomic E-state index is 0.147. The molecule has 0 amide bonds. The van der Waals surface area contributed by atoms with Gasteiger partial charge >= 0.3 is 0 Å². The van der Waals surface area contributed by atoms with E-state index < -0.39 is 29.9 Å². The third-order valence-corrected chi connectivity index (χ3v) is 8.05. The van der Waals surface area contributed by atoms with Gasteiger partial charge in [-0.1, -0.05) is 127 Å². The van der Waals surface area contributed by atoms with Gasteiger partial charge in [-0.25, -0.2) is 0 Å². The SMILES string of the molecule is CCCCC/C=C\C/C=C\CCCCCCCC(=O)C(O)C(O)C(O)C(=O)CCCCCCC/C=C\C/C=C\CCCCC. The van der Waals surface area contributed by atoms with Crippen LogP contribution >= 0.6 is 0 Å². The van der Waals surface area contributed by atoms with Gasteiger partial charge in [0.2, 0.25) is 0 Å². The number of aliphatic hydroxyl groups excluding tert-OH is 3. The Bertz CT molecular complexity index is 717. The van der Waals surface area contributed by atoms with Crippen molar-refractivity contribution >= 4 is 11.6 Å². The Morgan fingerprint density at radius 2 is 0.727 bits per heavy atom. The van der Waals surface area contributed by atoms with E-state index in [0.29, 0.717) is 12.8 Å². The summed E-state index contributed by atoms with van der Waals surface area (Å²) < 4.78 is 0. The van der Waals surface area contributed by atoms with E-state index in [0.717, 1.165) is 77.0 Å². The van der Waals surface area contributed by atoms with Gasteiger partial charge in [0.15, 0.2) is 11.6 Å². The lowest BCUT2D eigenvalue weighted by molar-refractivity contribution is -0.146. The van der Waals surface area contributed by atoms with E-state index in [1.807, 2.05) is 0 Å². The van der Waals surface area contributed by atoms with E-state index in [1.54, 1.807) is 0 Å². The predicted molar refractivity (Wildman–Crippen MR) is 187 cm³/mol. The molecule has 0 spiro atoms. The number of Topliss-reactive ketones (excluding diaryl/α,β-unsaturated/α-hetero) is 2. The molecular formula is C39H68O5. The second kappa shape index (κ2) is 32.6. The van der Waals surface area contributed by atoms with Crippen molar-refractivity contribution in [3.05, 3.63) is 48.6 Å². The first-order chi connectivity index (χ1) is 21.5. The summed E-state index contributed by atoms with van der Waals surface area (Å²) in [5.41, 5.74) is 0. The maximum atomic E-state index is 12.3. The Labute approximate surface area is 271 Å². The highest BCUT2D eigenvalue weighted by Crippen LogP contribution is 2.14. The van der Waals surface area contributed by atoms with Crippen molar-refractivity contribution < 1.29 is 24.9 Å². The zero-order chi connectivity index (χ0) is 32.5. The van der Waals surface area contributed by atoms with Gasteiger partial charge in [-0.15, -0.1) is 0 Å². The molecule has 44 heavy (non-hydrogen) atoms. The van der Waals surface area contributed by atoms with Crippen LogP contribution in [0.15, 0.2) is 48.6 Å². The first kappa shape index (κ1) is 42.2. The third kappa shape index (κ3) is 26.6. The second-order valence-corrected chi connectivity index (χ2v) is 12.3. The summed E-state index contributed by atoms with van der Waals surface area (Å²) in [6.45, 7) is 4.44. The average molecular weight is 617 g/mol. The lowest BCUT2D eigenvalue weighted by Crippen LogP contribution is -2.45. The van der Waals surface area contributed by atoms with Gasteiger partial charge < -0.3 is 15.3 Å². The zero-order valence-electron chi connectivity index (χ0n) is 28.5. The minimum atomic E-state index is -1.76. The van der Waals surface area contributed by atoms with Crippen LogP contribution in [-0.2, 0) is 9.59 Å². The molecule has 0 aliphatic carbocycles. The predicted octanol–water partition coefficient (Wildman–Crippen LogP) is 9.83. The van der Waals surface area contributed by atoms with Crippen molar-refractivity contribution in [1.29, 1.82) is 0 Å². The highest BCUT2D eigenvalue weighted by Gasteiger charge is 2.33. The lowest BCUT2D eigenvalue weighted by Gasteiger charge is -2.21. The monoisotopic (exact) mass is 617 g/mol. The van der Waals surface area contributed by atoms with Crippen LogP contribution in [0.3, 0.4) is 0 Å². The Hall–Kier alpha value is -1.82. The van der Waals surface area contributed by atoms with Crippen LogP contribution in [-0.4, -0.2) is 45.2 Å². The average Bonchev–Trinajstić information content (AvgIpc) is 3.03. The number of ketones is 2. The number of rotatable bonds is 32. The van der Waals surface area contributed by atoms with Crippen LogP contribution in [0.5, 0.6) is 0 Å². The molecule has 0 aliphatic rings. The molecule has 2 unspecified atom stereocenters. The Morgan fingerprint density at radius 1 is 0.432 bits per heavy atom. The lowest BCUT2D eigenvalue weighted by atomic mass is 9.95. The molecule has 2 atom stereocenters. The van der Waals surface area contributed by atoms with Crippen molar-refractivity contribution in [3.8, 4) is 0 Å².